The van der Waals surface area contributed by atoms with Crippen LogP contribution in [0.25, 0.3) is 0 Å². The minimum Gasteiger partial charge on any atom is -0.389 e. The van der Waals surface area contributed by atoms with Gasteiger partial charge in [0.2, 0.25) is 0 Å². The van der Waals surface area contributed by atoms with E-state index in [2.05, 4.69) is 24.2 Å². The summed E-state index contributed by atoms with van der Waals surface area (Å²) in [5, 5.41) is 14.1. The van der Waals surface area contributed by atoms with Gasteiger partial charge in [-0.3, -0.25) is 0 Å². The second-order valence-corrected chi connectivity index (χ2v) is 6.80. The number of hydrogen-bond donors (Lipinski definition) is 2. The van der Waals surface area contributed by atoms with E-state index in [0.29, 0.717) is 5.92 Å². The molecular formula is C15H30N2O. The summed E-state index contributed by atoms with van der Waals surface area (Å²) in [6, 6.07) is 0. The lowest BCUT2D eigenvalue weighted by Gasteiger charge is -2.36. The van der Waals surface area contributed by atoms with Crippen molar-refractivity contribution in [2.45, 2.75) is 51.0 Å². The molecule has 2 N–H and O–H groups in total. The van der Waals surface area contributed by atoms with Gasteiger partial charge in [-0.05, 0) is 64.2 Å². The van der Waals surface area contributed by atoms with Crippen molar-refractivity contribution in [3.63, 3.8) is 0 Å². The van der Waals surface area contributed by atoms with E-state index in [1.165, 1.54) is 38.8 Å². The van der Waals surface area contributed by atoms with Crippen LogP contribution in [0.3, 0.4) is 0 Å². The highest BCUT2D eigenvalue weighted by Crippen LogP contribution is 2.31. The van der Waals surface area contributed by atoms with Crippen molar-refractivity contribution in [2.24, 2.45) is 11.8 Å². The van der Waals surface area contributed by atoms with Crippen molar-refractivity contribution in [2.75, 3.05) is 33.2 Å². The molecule has 1 heterocycles. The molecule has 1 aliphatic heterocycles. The van der Waals surface area contributed by atoms with Crippen LogP contribution in [0, 0.1) is 11.8 Å². The van der Waals surface area contributed by atoms with Gasteiger partial charge in [0.1, 0.15) is 0 Å². The highest BCUT2D eigenvalue weighted by atomic mass is 16.3. The van der Waals surface area contributed by atoms with Gasteiger partial charge in [0, 0.05) is 6.54 Å². The van der Waals surface area contributed by atoms with E-state index in [0.717, 1.165) is 31.8 Å². The monoisotopic (exact) mass is 254 g/mol. The number of rotatable bonds is 4. The number of nitrogens with one attached hydrogen (secondary N) is 1. The third-order valence-corrected chi connectivity index (χ3v) is 4.79. The molecule has 2 atom stereocenters. The van der Waals surface area contributed by atoms with E-state index < -0.39 is 5.60 Å². The molecule has 3 heteroatoms. The molecule has 1 saturated carbocycles. The standard InChI is InChI=1S/C15H30N2O/c1-13-4-3-7-15(18,10-13)12-16-11-14-5-8-17(2)9-6-14/h13-14,16,18H,3-12H2,1-2H3. The second kappa shape index (κ2) is 6.36. The molecule has 2 unspecified atom stereocenters. The zero-order valence-electron chi connectivity index (χ0n) is 12.1. The van der Waals surface area contributed by atoms with Gasteiger partial charge in [0.05, 0.1) is 5.60 Å². The number of likely N-dealkylation sites (tertiary alicyclic amines) is 1. The molecule has 0 aromatic heterocycles. The van der Waals surface area contributed by atoms with Crippen LogP contribution in [0.15, 0.2) is 0 Å². The SMILES string of the molecule is CC1CCCC(O)(CNCC2CCN(C)CC2)C1. The van der Waals surface area contributed by atoms with Gasteiger partial charge in [-0.1, -0.05) is 19.8 Å². The largest absolute Gasteiger partial charge is 0.389 e. The Labute approximate surface area is 112 Å². The summed E-state index contributed by atoms with van der Waals surface area (Å²) < 4.78 is 0. The topological polar surface area (TPSA) is 35.5 Å². The first-order valence-corrected chi connectivity index (χ1v) is 7.69. The Morgan fingerprint density at radius 2 is 2.00 bits per heavy atom. The molecule has 1 aliphatic carbocycles. The van der Waals surface area contributed by atoms with Gasteiger partial charge in [-0.2, -0.15) is 0 Å². The van der Waals surface area contributed by atoms with E-state index in [4.69, 9.17) is 0 Å². The Morgan fingerprint density at radius 1 is 1.28 bits per heavy atom. The molecule has 0 spiro atoms. The molecule has 2 rings (SSSR count). The minimum absolute atomic E-state index is 0.427. The molecular weight excluding hydrogens is 224 g/mol. The van der Waals surface area contributed by atoms with Gasteiger partial charge in [-0.15, -0.1) is 0 Å². The first kappa shape index (κ1) is 14.3. The summed E-state index contributed by atoms with van der Waals surface area (Å²) in [5.41, 5.74) is -0.427. The highest BCUT2D eigenvalue weighted by Gasteiger charge is 2.32. The lowest BCUT2D eigenvalue weighted by atomic mass is 9.79. The third-order valence-electron chi connectivity index (χ3n) is 4.79. The van der Waals surface area contributed by atoms with Crippen molar-refractivity contribution in [1.29, 1.82) is 0 Å². The summed E-state index contributed by atoms with van der Waals surface area (Å²) >= 11 is 0. The zero-order chi connectivity index (χ0) is 13.0. The Bertz CT molecular complexity index is 251. The minimum atomic E-state index is -0.427. The van der Waals surface area contributed by atoms with Gasteiger partial charge in [0.15, 0.2) is 0 Å². The average molecular weight is 254 g/mol. The Kier molecular flexibility index (Phi) is 5.05. The Hall–Kier alpha value is -0.120. The van der Waals surface area contributed by atoms with Crippen LogP contribution in [0.5, 0.6) is 0 Å². The lowest BCUT2D eigenvalue weighted by molar-refractivity contribution is -0.0126. The molecule has 1 saturated heterocycles. The van der Waals surface area contributed by atoms with Crippen LogP contribution in [0.2, 0.25) is 0 Å². The fourth-order valence-electron chi connectivity index (χ4n) is 3.57. The molecule has 0 aromatic rings. The van der Waals surface area contributed by atoms with Crippen LogP contribution in [-0.2, 0) is 0 Å². The van der Waals surface area contributed by atoms with Gasteiger partial charge in [-0.25, -0.2) is 0 Å². The first-order valence-electron chi connectivity index (χ1n) is 7.69. The van der Waals surface area contributed by atoms with E-state index in [-0.39, 0.29) is 0 Å². The fraction of sp³-hybridized carbons (Fsp3) is 1.00. The van der Waals surface area contributed by atoms with Crippen molar-refractivity contribution >= 4 is 0 Å². The van der Waals surface area contributed by atoms with Gasteiger partial charge >= 0.3 is 0 Å². The van der Waals surface area contributed by atoms with Crippen LogP contribution in [0.4, 0.5) is 0 Å². The van der Waals surface area contributed by atoms with Crippen molar-refractivity contribution in [3.05, 3.63) is 0 Å². The molecule has 18 heavy (non-hydrogen) atoms. The predicted molar refractivity (Wildman–Crippen MR) is 75.7 cm³/mol. The van der Waals surface area contributed by atoms with Crippen molar-refractivity contribution in [1.82, 2.24) is 10.2 Å². The maximum atomic E-state index is 10.5. The molecule has 2 fully saturated rings. The Morgan fingerprint density at radius 3 is 2.67 bits per heavy atom. The summed E-state index contributed by atoms with van der Waals surface area (Å²) in [6.45, 7) is 6.61. The van der Waals surface area contributed by atoms with Crippen LogP contribution in [-0.4, -0.2) is 48.8 Å². The van der Waals surface area contributed by atoms with Crippen molar-refractivity contribution in [3.8, 4) is 0 Å². The maximum Gasteiger partial charge on any atom is 0.0774 e. The van der Waals surface area contributed by atoms with E-state index >= 15 is 0 Å². The number of aliphatic hydroxyl groups is 1. The summed E-state index contributed by atoms with van der Waals surface area (Å²) in [4.78, 5) is 2.41. The van der Waals surface area contributed by atoms with Gasteiger partial charge < -0.3 is 15.3 Å². The van der Waals surface area contributed by atoms with E-state index in [9.17, 15) is 5.11 Å². The fourth-order valence-corrected chi connectivity index (χ4v) is 3.57. The Balaban J connectivity index is 1.65. The van der Waals surface area contributed by atoms with E-state index in [1.807, 2.05) is 0 Å². The number of hydrogen-bond acceptors (Lipinski definition) is 3. The summed E-state index contributed by atoms with van der Waals surface area (Å²) in [6.07, 6.45) is 7.05. The van der Waals surface area contributed by atoms with Crippen LogP contribution < -0.4 is 5.32 Å². The second-order valence-electron chi connectivity index (χ2n) is 6.80. The quantitative estimate of drug-likeness (QED) is 0.804. The molecule has 2 aliphatic rings. The summed E-state index contributed by atoms with van der Waals surface area (Å²) in [5.74, 6) is 1.50. The zero-order valence-corrected chi connectivity index (χ0v) is 12.1. The molecule has 0 bridgehead atoms. The normalized spacial score (nSPS) is 35.8. The van der Waals surface area contributed by atoms with Crippen LogP contribution >= 0.6 is 0 Å². The molecule has 0 radical (unpaired) electrons. The first-order chi connectivity index (χ1) is 8.57. The summed E-state index contributed by atoms with van der Waals surface area (Å²) in [7, 11) is 2.20. The highest BCUT2D eigenvalue weighted by molar-refractivity contribution is 4.87. The number of piperidine rings is 1. The molecule has 3 nitrogen and oxygen atoms in total. The predicted octanol–water partition coefficient (Wildman–Crippen LogP) is 1.86. The van der Waals surface area contributed by atoms with E-state index in [1.54, 1.807) is 0 Å². The molecule has 106 valence electrons. The lowest BCUT2D eigenvalue weighted by Crippen LogP contribution is -2.46. The molecule has 0 aromatic carbocycles. The number of nitrogens with zero attached hydrogens (tertiary/aromatic N) is 1. The van der Waals surface area contributed by atoms with Gasteiger partial charge in [0.25, 0.3) is 0 Å². The molecule has 0 amide bonds. The maximum absolute atomic E-state index is 10.5. The third kappa shape index (κ3) is 4.22. The average Bonchev–Trinajstić information content (AvgIpc) is 2.31. The van der Waals surface area contributed by atoms with Crippen LogP contribution in [0.1, 0.15) is 45.4 Å². The smallest absolute Gasteiger partial charge is 0.0774 e. The van der Waals surface area contributed by atoms with Crippen molar-refractivity contribution < 1.29 is 5.11 Å².